The Morgan fingerprint density at radius 2 is 1.75 bits per heavy atom. The van der Waals surface area contributed by atoms with Gasteiger partial charge in [0.1, 0.15) is 35.3 Å². The van der Waals surface area contributed by atoms with Crippen molar-refractivity contribution in [2.75, 3.05) is 7.11 Å². The Hall–Kier alpha value is -2.23. The number of aliphatic hydroxyl groups is 1. The van der Waals surface area contributed by atoms with Crippen LogP contribution in [0.3, 0.4) is 0 Å². The summed E-state index contributed by atoms with van der Waals surface area (Å²) < 4.78 is 9.35. The maximum Gasteiger partial charge on any atom is 0.254 e. The maximum atomic E-state index is 8.97. The van der Waals surface area contributed by atoms with Crippen molar-refractivity contribution in [1.29, 1.82) is 0 Å². The lowest BCUT2D eigenvalue weighted by molar-refractivity contribution is -0.575. The molecule has 0 aliphatic carbocycles. The zero-order valence-corrected chi connectivity index (χ0v) is 12.6. The van der Waals surface area contributed by atoms with Crippen molar-refractivity contribution < 1.29 is 14.4 Å². The maximum absolute atomic E-state index is 8.97. The highest BCUT2D eigenvalue weighted by Gasteiger charge is 2.20. The number of aryl methyl sites for hydroxylation is 2. The minimum absolute atomic E-state index is 0.869. The highest BCUT2D eigenvalue weighted by atomic mass is 16.5. The minimum atomic E-state index is 0.869. The van der Waals surface area contributed by atoms with E-state index in [1.807, 2.05) is 30.0 Å². The number of nitrogens with zero attached hydrogens (tertiary/aromatic N) is 2. The van der Waals surface area contributed by atoms with Crippen LogP contribution >= 0.6 is 0 Å². The molecule has 1 N–H and O–H groups in total. The first-order valence-electron chi connectivity index (χ1n) is 6.55. The SMILES string of the molecule is COc1cc(C)c(-n2c[n+](C=CO)c(C)c2C)c(C)c1. The lowest BCUT2D eigenvalue weighted by atomic mass is 10.1. The Balaban J connectivity index is 2.66. The van der Waals surface area contributed by atoms with Gasteiger partial charge in [0.25, 0.3) is 6.33 Å². The molecule has 106 valence electrons. The van der Waals surface area contributed by atoms with Gasteiger partial charge in [-0.25, -0.2) is 4.57 Å². The zero-order valence-electron chi connectivity index (χ0n) is 12.6. The van der Waals surface area contributed by atoms with Gasteiger partial charge < -0.3 is 9.84 Å². The number of aromatic nitrogens is 2. The van der Waals surface area contributed by atoms with Crippen LogP contribution in [0.5, 0.6) is 5.75 Å². The molecule has 1 aromatic carbocycles. The van der Waals surface area contributed by atoms with Crippen LogP contribution in [0, 0.1) is 27.7 Å². The van der Waals surface area contributed by atoms with Crippen molar-refractivity contribution in [3.05, 3.63) is 47.2 Å². The van der Waals surface area contributed by atoms with E-state index in [1.165, 1.54) is 0 Å². The molecule has 1 heterocycles. The molecule has 0 saturated heterocycles. The molecule has 4 nitrogen and oxygen atoms in total. The van der Waals surface area contributed by atoms with Crippen molar-refractivity contribution in [3.8, 4) is 11.4 Å². The van der Waals surface area contributed by atoms with Crippen LogP contribution in [0.1, 0.15) is 22.5 Å². The number of methoxy groups -OCH3 is 1. The van der Waals surface area contributed by atoms with Crippen LogP contribution in [0.4, 0.5) is 0 Å². The lowest BCUT2D eigenvalue weighted by Crippen LogP contribution is -2.26. The fraction of sp³-hybridized carbons (Fsp3) is 0.312. The van der Waals surface area contributed by atoms with Gasteiger partial charge in [-0.15, -0.1) is 0 Å². The summed E-state index contributed by atoms with van der Waals surface area (Å²) >= 11 is 0. The second-order valence-corrected chi connectivity index (χ2v) is 4.97. The Morgan fingerprint density at radius 3 is 2.25 bits per heavy atom. The summed E-state index contributed by atoms with van der Waals surface area (Å²) in [5, 5.41) is 8.97. The Labute approximate surface area is 119 Å². The summed E-state index contributed by atoms with van der Waals surface area (Å²) in [4.78, 5) is 0. The van der Waals surface area contributed by atoms with E-state index in [1.54, 1.807) is 13.3 Å². The third kappa shape index (κ3) is 2.29. The van der Waals surface area contributed by atoms with Gasteiger partial charge >= 0.3 is 0 Å². The molecule has 2 rings (SSSR count). The molecule has 0 aliphatic heterocycles. The van der Waals surface area contributed by atoms with Gasteiger partial charge in [0, 0.05) is 25.0 Å². The highest BCUT2D eigenvalue weighted by Crippen LogP contribution is 2.26. The van der Waals surface area contributed by atoms with Crippen LogP contribution in [-0.4, -0.2) is 16.8 Å². The van der Waals surface area contributed by atoms with Gasteiger partial charge in [0.2, 0.25) is 0 Å². The second-order valence-electron chi connectivity index (χ2n) is 4.97. The van der Waals surface area contributed by atoms with Gasteiger partial charge in [-0.2, -0.15) is 4.57 Å². The smallest absolute Gasteiger partial charge is 0.254 e. The number of ether oxygens (including phenoxy) is 1. The molecule has 0 saturated carbocycles. The Morgan fingerprint density at radius 1 is 1.15 bits per heavy atom. The molecular weight excluding hydrogens is 252 g/mol. The first-order valence-corrected chi connectivity index (χ1v) is 6.55. The van der Waals surface area contributed by atoms with Crippen molar-refractivity contribution in [2.24, 2.45) is 0 Å². The number of hydrogen-bond acceptors (Lipinski definition) is 2. The van der Waals surface area contributed by atoms with E-state index in [2.05, 4.69) is 25.3 Å². The van der Waals surface area contributed by atoms with Gasteiger partial charge in [-0.3, -0.25) is 0 Å². The standard InChI is InChI=1S/C16H20N2O2/c1-11-8-15(20-5)9-12(2)16(11)18-10-17(6-7-19)13(3)14(18)4/h6-10H,1-5H3/p+1. The molecule has 0 spiro atoms. The lowest BCUT2D eigenvalue weighted by Gasteiger charge is -2.09. The molecule has 0 bridgehead atoms. The minimum Gasteiger partial charge on any atom is -0.512 e. The molecule has 4 heteroatoms. The molecule has 1 aromatic heterocycles. The summed E-state index contributed by atoms with van der Waals surface area (Å²) in [5.41, 5.74) is 5.68. The largest absolute Gasteiger partial charge is 0.512 e. The normalized spacial score (nSPS) is 11.2. The third-order valence-electron chi connectivity index (χ3n) is 3.68. The molecule has 0 radical (unpaired) electrons. The third-order valence-corrected chi connectivity index (χ3v) is 3.68. The summed E-state index contributed by atoms with van der Waals surface area (Å²) in [6, 6.07) is 4.06. The quantitative estimate of drug-likeness (QED) is 0.689. The summed E-state index contributed by atoms with van der Waals surface area (Å²) in [5.74, 6) is 0.869. The van der Waals surface area contributed by atoms with Crippen molar-refractivity contribution >= 4 is 6.20 Å². The number of imidazole rings is 1. The summed E-state index contributed by atoms with van der Waals surface area (Å²) in [7, 11) is 1.68. The number of rotatable bonds is 3. The first-order chi connectivity index (χ1) is 9.49. The number of hydrogen-bond donors (Lipinski definition) is 1. The van der Waals surface area contributed by atoms with Gasteiger partial charge in [-0.05, 0) is 26.0 Å². The predicted octanol–water partition coefficient (Wildman–Crippen LogP) is 2.99. The van der Waals surface area contributed by atoms with Crippen molar-refractivity contribution in [3.63, 3.8) is 0 Å². The van der Waals surface area contributed by atoms with Gasteiger partial charge in [0.05, 0.1) is 7.11 Å². The van der Waals surface area contributed by atoms with E-state index >= 15 is 0 Å². The van der Waals surface area contributed by atoms with E-state index in [0.29, 0.717) is 0 Å². The molecule has 2 aromatic rings. The number of benzene rings is 1. The van der Waals surface area contributed by atoms with Crippen molar-refractivity contribution in [2.45, 2.75) is 27.7 Å². The fourth-order valence-corrected chi connectivity index (χ4v) is 2.52. The van der Waals surface area contributed by atoms with Crippen LogP contribution in [0.2, 0.25) is 0 Å². The first kappa shape index (κ1) is 14.2. The molecule has 20 heavy (non-hydrogen) atoms. The fourth-order valence-electron chi connectivity index (χ4n) is 2.52. The van der Waals surface area contributed by atoms with Gasteiger partial charge in [0.15, 0.2) is 0 Å². The van der Waals surface area contributed by atoms with Crippen LogP contribution in [0.25, 0.3) is 11.9 Å². The molecule has 0 atom stereocenters. The summed E-state index contributed by atoms with van der Waals surface area (Å²) in [6.07, 6.45) is 4.65. The predicted molar refractivity (Wildman–Crippen MR) is 79.4 cm³/mol. The van der Waals surface area contributed by atoms with Crippen LogP contribution in [0.15, 0.2) is 24.7 Å². The summed E-state index contributed by atoms with van der Waals surface area (Å²) in [6.45, 7) is 8.25. The zero-order chi connectivity index (χ0) is 14.9. The van der Waals surface area contributed by atoms with E-state index in [0.717, 1.165) is 40.2 Å². The molecule has 0 amide bonds. The Bertz CT molecular complexity index is 646. The number of aliphatic hydroxyl groups excluding tert-OH is 1. The monoisotopic (exact) mass is 273 g/mol. The van der Waals surface area contributed by atoms with Crippen LogP contribution < -0.4 is 9.30 Å². The Kier molecular flexibility index (Phi) is 3.84. The topological polar surface area (TPSA) is 38.3 Å². The van der Waals surface area contributed by atoms with Gasteiger partial charge in [-0.1, -0.05) is 0 Å². The second kappa shape index (κ2) is 5.41. The van der Waals surface area contributed by atoms with Crippen LogP contribution in [-0.2, 0) is 0 Å². The van der Waals surface area contributed by atoms with E-state index in [4.69, 9.17) is 9.84 Å². The van der Waals surface area contributed by atoms with E-state index in [9.17, 15) is 0 Å². The average Bonchev–Trinajstić information content (AvgIpc) is 2.67. The van der Waals surface area contributed by atoms with Crippen molar-refractivity contribution in [1.82, 2.24) is 4.57 Å². The molecule has 0 aliphatic rings. The van der Waals surface area contributed by atoms with E-state index in [-0.39, 0.29) is 0 Å². The average molecular weight is 273 g/mol. The molecular formula is C16H21N2O2+. The van der Waals surface area contributed by atoms with E-state index < -0.39 is 0 Å². The highest BCUT2D eigenvalue weighted by molar-refractivity contribution is 5.52. The molecule has 0 fully saturated rings. The molecule has 0 unspecified atom stereocenters.